The summed E-state index contributed by atoms with van der Waals surface area (Å²) < 4.78 is 3.11. The topological polar surface area (TPSA) is 88.8 Å². The molecule has 0 aromatic carbocycles. The minimum absolute atomic E-state index is 0.0823. The lowest BCUT2D eigenvalue weighted by molar-refractivity contribution is -0.132. The van der Waals surface area contributed by atoms with Crippen molar-refractivity contribution < 1.29 is 4.79 Å². The first-order valence-corrected chi connectivity index (χ1v) is 8.99. The van der Waals surface area contributed by atoms with E-state index in [0.717, 1.165) is 43.6 Å². The Labute approximate surface area is 146 Å². The summed E-state index contributed by atoms with van der Waals surface area (Å²) in [7, 11) is 1.68. The fraction of sp³-hybridized carbons (Fsp3) is 0.647. The van der Waals surface area contributed by atoms with E-state index >= 15 is 0 Å². The van der Waals surface area contributed by atoms with Crippen molar-refractivity contribution in [1.29, 1.82) is 0 Å². The number of piperidine rings is 1. The summed E-state index contributed by atoms with van der Waals surface area (Å²) in [4.78, 5) is 26.6. The Balaban J connectivity index is 1.60. The third kappa shape index (κ3) is 3.83. The molecule has 1 aliphatic heterocycles. The van der Waals surface area contributed by atoms with Gasteiger partial charge in [0, 0.05) is 45.2 Å². The number of nitrogens with one attached hydrogen (secondary N) is 1. The summed E-state index contributed by atoms with van der Waals surface area (Å²) in [5.74, 6) is 1.14. The van der Waals surface area contributed by atoms with E-state index in [-0.39, 0.29) is 17.5 Å². The highest BCUT2D eigenvalue weighted by atomic mass is 16.2. The molecule has 1 saturated heterocycles. The number of nitrogens with zero attached hydrogens (tertiary/aromatic N) is 5. The molecule has 2 aromatic rings. The number of carbonyl (C=O) groups is 1. The number of hydrogen-bond acceptors (Lipinski definition) is 4. The number of aromatic nitrogens is 5. The Kier molecular flexibility index (Phi) is 5.35. The molecule has 1 fully saturated rings. The fourth-order valence-electron chi connectivity index (χ4n) is 3.55. The second kappa shape index (κ2) is 7.67. The van der Waals surface area contributed by atoms with Crippen LogP contribution in [0.2, 0.25) is 0 Å². The van der Waals surface area contributed by atoms with Gasteiger partial charge in [-0.2, -0.15) is 10.2 Å². The Morgan fingerprint density at radius 3 is 3.00 bits per heavy atom. The van der Waals surface area contributed by atoms with E-state index in [2.05, 4.69) is 15.3 Å². The van der Waals surface area contributed by atoms with E-state index in [1.165, 1.54) is 4.68 Å². The van der Waals surface area contributed by atoms with Crippen LogP contribution in [-0.2, 0) is 24.8 Å². The number of aryl methyl sites for hydroxylation is 2. The zero-order valence-electron chi connectivity index (χ0n) is 14.9. The van der Waals surface area contributed by atoms with E-state index in [9.17, 15) is 9.59 Å². The number of likely N-dealkylation sites (tertiary alicyclic amines) is 1. The quantitative estimate of drug-likeness (QED) is 0.847. The van der Waals surface area contributed by atoms with Crippen molar-refractivity contribution in [3.63, 3.8) is 0 Å². The van der Waals surface area contributed by atoms with Gasteiger partial charge < -0.3 is 4.90 Å². The van der Waals surface area contributed by atoms with Crippen LogP contribution in [0.25, 0.3) is 0 Å². The molecule has 2 aromatic heterocycles. The Hall–Kier alpha value is -2.38. The highest BCUT2D eigenvalue weighted by Gasteiger charge is 2.28. The molecular weight excluding hydrogens is 320 g/mol. The maximum atomic E-state index is 12.5. The molecule has 0 bridgehead atoms. The molecule has 0 unspecified atom stereocenters. The summed E-state index contributed by atoms with van der Waals surface area (Å²) in [5, 5.41) is 11.1. The van der Waals surface area contributed by atoms with Crippen LogP contribution in [0.3, 0.4) is 0 Å². The molecular formula is C17H26N6O2. The van der Waals surface area contributed by atoms with E-state index in [0.29, 0.717) is 19.5 Å². The standard InChI is InChI=1S/C17H26N6O2/c1-3-23-16(20-21(2)17(23)25)14-7-5-9-22(12-14)15(24)8-4-6-13-10-18-19-11-13/h10-11,14H,3-9,12H2,1-2H3,(H,18,19)/t14-/m0/s1. The van der Waals surface area contributed by atoms with Crippen LogP contribution >= 0.6 is 0 Å². The van der Waals surface area contributed by atoms with Gasteiger partial charge in [-0.15, -0.1) is 0 Å². The van der Waals surface area contributed by atoms with Crippen molar-refractivity contribution in [2.45, 2.75) is 51.5 Å². The predicted octanol–water partition coefficient (Wildman–Crippen LogP) is 1.05. The smallest absolute Gasteiger partial charge is 0.342 e. The number of carbonyl (C=O) groups excluding carboxylic acids is 1. The summed E-state index contributed by atoms with van der Waals surface area (Å²) in [6.45, 7) is 4.01. The predicted molar refractivity (Wildman–Crippen MR) is 93.2 cm³/mol. The van der Waals surface area contributed by atoms with Crippen molar-refractivity contribution >= 4 is 5.91 Å². The third-order valence-corrected chi connectivity index (χ3v) is 4.90. The SMILES string of the molecule is CCn1c([C@H]2CCCN(C(=O)CCCc3cn[nH]c3)C2)nn(C)c1=O. The van der Waals surface area contributed by atoms with Crippen molar-refractivity contribution in [3.8, 4) is 0 Å². The average molecular weight is 346 g/mol. The van der Waals surface area contributed by atoms with Gasteiger partial charge in [-0.25, -0.2) is 9.48 Å². The molecule has 1 N–H and O–H groups in total. The summed E-state index contributed by atoms with van der Waals surface area (Å²) >= 11 is 0. The van der Waals surface area contributed by atoms with Crippen LogP contribution in [0.1, 0.15) is 49.9 Å². The number of aromatic amines is 1. The van der Waals surface area contributed by atoms with Crippen LogP contribution in [-0.4, -0.2) is 48.4 Å². The largest absolute Gasteiger partial charge is 0.345 e. The van der Waals surface area contributed by atoms with E-state index in [1.807, 2.05) is 18.0 Å². The molecule has 0 saturated carbocycles. The number of amides is 1. The van der Waals surface area contributed by atoms with Gasteiger partial charge in [0.15, 0.2) is 0 Å². The minimum atomic E-state index is -0.0823. The zero-order valence-corrected chi connectivity index (χ0v) is 14.9. The highest BCUT2D eigenvalue weighted by Crippen LogP contribution is 2.25. The van der Waals surface area contributed by atoms with E-state index in [1.54, 1.807) is 17.8 Å². The maximum Gasteiger partial charge on any atom is 0.345 e. The molecule has 1 aliphatic rings. The second-order valence-electron chi connectivity index (χ2n) is 6.65. The second-order valence-corrected chi connectivity index (χ2v) is 6.65. The molecule has 1 amide bonds. The van der Waals surface area contributed by atoms with Gasteiger partial charge in [0.2, 0.25) is 5.91 Å². The molecule has 0 spiro atoms. The van der Waals surface area contributed by atoms with Crippen LogP contribution in [0, 0.1) is 0 Å². The van der Waals surface area contributed by atoms with Crippen molar-refractivity contribution in [2.24, 2.45) is 7.05 Å². The van der Waals surface area contributed by atoms with Crippen LogP contribution in [0.15, 0.2) is 17.2 Å². The summed E-state index contributed by atoms with van der Waals surface area (Å²) in [6, 6.07) is 0. The molecule has 3 heterocycles. The fourth-order valence-corrected chi connectivity index (χ4v) is 3.55. The lowest BCUT2D eigenvalue weighted by Gasteiger charge is -2.32. The van der Waals surface area contributed by atoms with Gasteiger partial charge in [0.05, 0.1) is 6.20 Å². The number of H-pyrrole nitrogens is 1. The summed E-state index contributed by atoms with van der Waals surface area (Å²) in [6.07, 6.45) is 7.81. The van der Waals surface area contributed by atoms with E-state index in [4.69, 9.17) is 0 Å². The first-order chi connectivity index (χ1) is 12.1. The Bertz CT molecular complexity index is 761. The average Bonchev–Trinajstić information content (AvgIpc) is 3.23. The number of hydrogen-bond donors (Lipinski definition) is 1. The molecule has 0 radical (unpaired) electrons. The lowest BCUT2D eigenvalue weighted by atomic mass is 9.96. The maximum absolute atomic E-state index is 12.5. The lowest BCUT2D eigenvalue weighted by Crippen LogP contribution is -2.40. The Morgan fingerprint density at radius 2 is 2.28 bits per heavy atom. The van der Waals surface area contributed by atoms with Gasteiger partial charge in [0.25, 0.3) is 0 Å². The van der Waals surface area contributed by atoms with Crippen molar-refractivity contribution in [2.75, 3.05) is 13.1 Å². The van der Waals surface area contributed by atoms with Gasteiger partial charge >= 0.3 is 5.69 Å². The summed E-state index contributed by atoms with van der Waals surface area (Å²) in [5.41, 5.74) is 1.05. The Morgan fingerprint density at radius 1 is 1.44 bits per heavy atom. The van der Waals surface area contributed by atoms with Gasteiger partial charge in [-0.1, -0.05) is 0 Å². The van der Waals surface area contributed by atoms with Crippen LogP contribution in [0.5, 0.6) is 0 Å². The minimum Gasteiger partial charge on any atom is -0.342 e. The molecule has 8 heteroatoms. The first-order valence-electron chi connectivity index (χ1n) is 8.99. The third-order valence-electron chi connectivity index (χ3n) is 4.90. The molecule has 3 rings (SSSR count). The van der Waals surface area contributed by atoms with Gasteiger partial charge in [-0.3, -0.25) is 14.5 Å². The van der Waals surface area contributed by atoms with Gasteiger partial charge in [0.1, 0.15) is 5.82 Å². The molecule has 25 heavy (non-hydrogen) atoms. The molecule has 136 valence electrons. The molecule has 1 atom stereocenters. The van der Waals surface area contributed by atoms with Crippen molar-refractivity contribution in [3.05, 3.63) is 34.3 Å². The normalized spacial score (nSPS) is 17.8. The van der Waals surface area contributed by atoms with Crippen LogP contribution < -0.4 is 5.69 Å². The molecule has 0 aliphatic carbocycles. The van der Waals surface area contributed by atoms with Crippen LogP contribution in [0.4, 0.5) is 0 Å². The first kappa shape index (κ1) is 17.4. The zero-order chi connectivity index (χ0) is 17.8. The number of rotatable bonds is 6. The molecule has 8 nitrogen and oxygen atoms in total. The van der Waals surface area contributed by atoms with Crippen molar-refractivity contribution in [1.82, 2.24) is 29.4 Å². The van der Waals surface area contributed by atoms with Gasteiger partial charge in [-0.05, 0) is 38.2 Å². The highest BCUT2D eigenvalue weighted by molar-refractivity contribution is 5.76. The monoisotopic (exact) mass is 346 g/mol. The van der Waals surface area contributed by atoms with E-state index < -0.39 is 0 Å².